The Morgan fingerprint density at radius 2 is 1.54 bits per heavy atom. The van der Waals surface area contributed by atoms with Crippen molar-refractivity contribution in [3.63, 3.8) is 0 Å². The molecule has 0 fully saturated rings. The molecule has 1 aliphatic rings. The van der Waals surface area contributed by atoms with E-state index in [9.17, 15) is 28.1 Å². The number of hydrogen-bond donors (Lipinski definition) is 0. The summed E-state index contributed by atoms with van der Waals surface area (Å²) in [5.41, 5.74) is 0.108. The lowest BCUT2D eigenvalue weighted by Gasteiger charge is -2.16. The van der Waals surface area contributed by atoms with Crippen LogP contribution in [0.15, 0.2) is 65.6 Å². The number of aromatic nitrogens is 2. The summed E-state index contributed by atoms with van der Waals surface area (Å²) in [4.78, 5) is 41.1. The lowest BCUT2D eigenvalue weighted by molar-refractivity contribution is -0.385. The number of non-ortho nitro benzene ring substituents is 1. The second kappa shape index (κ2) is 8.15. The highest BCUT2D eigenvalue weighted by molar-refractivity contribution is 7.90. The third-order valence-corrected chi connectivity index (χ3v) is 7.92. The third-order valence-electron chi connectivity index (χ3n) is 5.46. The molecule has 1 aliphatic heterocycles. The van der Waals surface area contributed by atoms with Crippen LogP contribution in [0.3, 0.4) is 0 Å². The van der Waals surface area contributed by atoms with Crippen LogP contribution in [-0.4, -0.2) is 39.0 Å². The average Bonchev–Trinajstić information content (AvgIpc) is 3.30. The SMILES string of the molecule is O=C1c2ccccc2C(=O)N1Cc1nc2cc(Cl)c(Cl)cc2n1S(=O)(=O)c1cccc([N+](=O)[O-])c1. The number of nitro groups is 1. The summed E-state index contributed by atoms with van der Waals surface area (Å²) in [6, 6.07) is 13.3. The van der Waals surface area contributed by atoms with Gasteiger partial charge in [-0.1, -0.05) is 41.4 Å². The maximum atomic E-state index is 13.7. The topological polar surface area (TPSA) is 132 Å². The predicted molar refractivity (Wildman–Crippen MR) is 126 cm³/mol. The van der Waals surface area contributed by atoms with Crippen LogP contribution in [0.2, 0.25) is 10.0 Å². The number of carbonyl (C=O) groups excluding carboxylic acids is 2. The smallest absolute Gasteiger partial charge is 0.269 e. The molecule has 0 N–H and O–H groups in total. The van der Waals surface area contributed by atoms with Crippen molar-refractivity contribution in [3.05, 3.63) is 97.8 Å². The van der Waals surface area contributed by atoms with E-state index in [0.29, 0.717) is 0 Å². The summed E-state index contributed by atoms with van der Waals surface area (Å²) in [5.74, 6) is -1.39. The second-order valence-electron chi connectivity index (χ2n) is 7.55. The van der Waals surface area contributed by atoms with Crippen LogP contribution < -0.4 is 0 Å². The number of rotatable bonds is 5. The maximum absolute atomic E-state index is 13.7. The normalized spacial score (nSPS) is 13.5. The van der Waals surface area contributed by atoms with Crippen molar-refractivity contribution in [2.45, 2.75) is 11.4 Å². The van der Waals surface area contributed by atoms with Gasteiger partial charge in [-0.15, -0.1) is 0 Å². The summed E-state index contributed by atoms with van der Waals surface area (Å²) >= 11 is 12.2. The van der Waals surface area contributed by atoms with Gasteiger partial charge in [0, 0.05) is 12.1 Å². The molecule has 2 heterocycles. The zero-order valence-electron chi connectivity index (χ0n) is 17.4. The number of nitrogens with zero attached hydrogens (tertiary/aromatic N) is 4. The van der Waals surface area contributed by atoms with E-state index >= 15 is 0 Å². The van der Waals surface area contributed by atoms with Crippen molar-refractivity contribution in [2.24, 2.45) is 0 Å². The van der Waals surface area contributed by atoms with Crippen LogP contribution in [0.5, 0.6) is 0 Å². The molecule has 176 valence electrons. The molecule has 2 amide bonds. The molecule has 1 aromatic heterocycles. The minimum Gasteiger partial charge on any atom is -0.269 e. The van der Waals surface area contributed by atoms with Gasteiger partial charge in [-0.25, -0.2) is 17.4 Å². The summed E-state index contributed by atoms with van der Waals surface area (Å²) in [6.45, 7) is -0.482. The number of carbonyl (C=O) groups is 2. The number of amides is 2. The van der Waals surface area contributed by atoms with E-state index in [-0.39, 0.29) is 42.9 Å². The number of imidazole rings is 1. The molecule has 5 rings (SSSR count). The number of fused-ring (bicyclic) bond motifs is 2. The number of hydrogen-bond acceptors (Lipinski definition) is 7. The quantitative estimate of drug-likeness (QED) is 0.213. The maximum Gasteiger partial charge on any atom is 0.270 e. The van der Waals surface area contributed by atoms with Crippen molar-refractivity contribution in [1.82, 2.24) is 13.9 Å². The van der Waals surface area contributed by atoms with Crippen LogP contribution in [-0.2, 0) is 16.6 Å². The van der Waals surface area contributed by atoms with E-state index in [4.69, 9.17) is 23.2 Å². The van der Waals surface area contributed by atoms with Crippen LogP contribution in [0, 0.1) is 10.1 Å². The molecule has 0 atom stereocenters. The van der Waals surface area contributed by atoms with E-state index < -0.39 is 39.0 Å². The Kier molecular flexibility index (Phi) is 5.35. The van der Waals surface area contributed by atoms with Gasteiger partial charge in [0.15, 0.2) is 0 Å². The average molecular weight is 531 g/mol. The van der Waals surface area contributed by atoms with Crippen molar-refractivity contribution >= 4 is 61.8 Å². The monoisotopic (exact) mass is 530 g/mol. The van der Waals surface area contributed by atoms with Gasteiger partial charge in [-0.2, -0.15) is 0 Å². The minimum absolute atomic E-state index is 0.0255. The van der Waals surface area contributed by atoms with Crippen molar-refractivity contribution in [3.8, 4) is 0 Å². The molecule has 0 aliphatic carbocycles. The van der Waals surface area contributed by atoms with Gasteiger partial charge >= 0.3 is 0 Å². The fraction of sp³-hybridized carbons (Fsp3) is 0.0455. The number of benzene rings is 3. The first-order valence-corrected chi connectivity index (χ1v) is 12.1. The van der Waals surface area contributed by atoms with E-state index in [1.165, 1.54) is 36.4 Å². The van der Waals surface area contributed by atoms with Crippen LogP contribution in [0.4, 0.5) is 5.69 Å². The molecule has 10 nitrogen and oxygen atoms in total. The van der Waals surface area contributed by atoms with Crippen LogP contribution in [0.25, 0.3) is 11.0 Å². The van der Waals surface area contributed by atoms with Gasteiger partial charge in [0.2, 0.25) is 0 Å². The molecule has 0 spiro atoms. The Balaban J connectivity index is 1.70. The molecular weight excluding hydrogens is 519 g/mol. The van der Waals surface area contributed by atoms with Gasteiger partial charge in [0.1, 0.15) is 5.82 Å². The first kappa shape index (κ1) is 23.0. The van der Waals surface area contributed by atoms with Crippen molar-refractivity contribution in [2.75, 3.05) is 0 Å². The third kappa shape index (κ3) is 3.64. The Hall–Kier alpha value is -3.80. The molecule has 0 saturated carbocycles. The molecule has 0 saturated heterocycles. The van der Waals surface area contributed by atoms with E-state index in [1.54, 1.807) is 12.1 Å². The summed E-state index contributed by atoms with van der Waals surface area (Å²) in [5, 5.41) is 11.4. The second-order valence-corrected chi connectivity index (χ2v) is 10.2. The Morgan fingerprint density at radius 3 is 2.17 bits per heavy atom. The van der Waals surface area contributed by atoms with E-state index in [2.05, 4.69) is 4.98 Å². The molecule has 0 bridgehead atoms. The first-order chi connectivity index (χ1) is 16.6. The predicted octanol–water partition coefficient (Wildman–Crippen LogP) is 4.28. The molecule has 0 radical (unpaired) electrons. The molecule has 0 unspecified atom stereocenters. The summed E-state index contributed by atoms with van der Waals surface area (Å²) in [7, 11) is -4.48. The van der Waals surface area contributed by atoms with E-state index in [0.717, 1.165) is 21.0 Å². The number of nitro benzene ring substituents is 1. The molecule has 4 aromatic rings. The van der Waals surface area contributed by atoms with Gasteiger partial charge < -0.3 is 0 Å². The largest absolute Gasteiger partial charge is 0.270 e. The van der Waals surface area contributed by atoms with Crippen molar-refractivity contribution < 1.29 is 22.9 Å². The fourth-order valence-corrected chi connectivity index (χ4v) is 5.68. The van der Waals surface area contributed by atoms with E-state index in [1.807, 2.05) is 0 Å². The Labute approximate surface area is 207 Å². The molecule has 35 heavy (non-hydrogen) atoms. The Morgan fingerprint density at radius 1 is 0.914 bits per heavy atom. The zero-order chi connectivity index (χ0) is 25.1. The van der Waals surface area contributed by atoms with Crippen molar-refractivity contribution in [1.29, 1.82) is 0 Å². The highest BCUT2D eigenvalue weighted by Crippen LogP contribution is 2.33. The van der Waals surface area contributed by atoms with Gasteiger partial charge in [0.05, 0.1) is 48.6 Å². The van der Waals surface area contributed by atoms with Gasteiger partial charge in [-0.05, 0) is 30.3 Å². The molecular formula is C22H12Cl2N4O6S. The summed E-state index contributed by atoms with van der Waals surface area (Å²) in [6.07, 6.45) is 0. The lowest BCUT2D eigenvalue weighted by Crippen LogP contribution is -2.31. The first-order valence-electron chi connectivity index (χ1n) is 9.91. The highest BCUT2D eigenvalue weighted by Gasteiger charge is 2.37. The number of halogens is 2. The fourth-order valence-electron chi connectivity index (χ4n) is 3.86. The zero-order valence-corrected chi connectivity index (χ0v) is 19.7. The standard InChI is InChI=1S/C22H12Cl2N4O6S/c23-16-9-18-19(10-17(16)24)27(35(33,34)13-5-3-4-12(8-13)28(31)32)20(25-18)11-26-21(29)14-6-1-2-7-15(14)22(26)30/h1-10H,11H2. The highest BCUT2D eigenvalue weighted by atomic mass is 35.5. The van der Waals surface area contributed by atoms with Crippen LogP contribution in [0.1, 0.15) is 26.5 Å². The van der Waals surface area contributed by atoms with Gasteiger partial charge in [0.25, 0.3) is 27.5 Å². The summed E-state index contributed by atoms with van der Waals surface area (Å²) < 4.78 is 28.2. The molecule has 13 heteroatoms. The van der Waals surface area contributed by atoms with Crippen LogP contribution >= 0.6 is 23.2 Å². The lowest BCUT2D eigenvalue weighted by atomic mass is 10.1. The number of imide groups is 1. The minimum atomic E-state index is -4.48. The molecule has 3 aromatic carbocycles. The Bertz CT molecular complexity index is 1660. The van der Waals surface area contributed by atoms with Gasteiger partial charge in [-0.3, -0.25) is 24.6 Å².